The maximum atomic E-state index is 8.52. The topological polar surface area (TPSA) is 948 Å². The van der Waals surface area contributed by atoms with Gasteiger partial charge >= 0.3 is 562 Å². The average molecular weight is 2310 g/mol. The molecule has 0 saturated carbocycles. The third kappa shape index (κ3) is 4000. The molecule has 0 atom stereocenters. The zero-order valence-corrected chi connectivity index (χ0v) is 96.1. The Bertz CT molecular complexity index is 850. The minimum atomic E-state index is -3.63. The van der Waals surface area contributed by atoms with Gasteiger partial charge in [0.25, 0.3) is 0 Å². The minimum Gasteiger partial charge on any atom is -0.672 e. The maximum Gasteiger partial charge on any atom is 3.00 e. The van der Waals surface area contributed by atoms with Gasteiger partial charge in [0.2, 0.25) is 0 Å². The third-order valence-electron chi connectivity index (χ3n) is 0. The second kappa shape index (κ2) is 198. The van der Waals surface area contributed by atoms with Crippen LogP contribution in [0.1, 0.15) is 0 Å². The first-order valence-electron chi connectivity index (χ1n) is 9.19. The van der Waals surface area contributed by atoms with E-state index in [1.807, 2.05) is 0 Å². The van der Waals surface area contributed by atoms with Crippen LogP contribution >= 0.6 is 0 Å². The SMILES string of the molecule is O=[Si]([O-])[O-].O=[Si]([O-])[O-].O=[Si]([O-])[O-].O=[Si]([O-])[O-].O=[Si]([O-])[O-].O=[Si]([O-])[O-].O=[Si]([O-])[O-].O=[Si]([O-])[O-].O=[Si]([O-])[O-].O=[Si]([O-])[O-].O=[Si]([O-])[O-].O=[Si]([O-])[O-].O=[Si]([O-])[O-].O=[Si]([O-])[O-].O=[Si]([O-])[O-].[Al+3].[Al+3].[Ba+2].[Ba+2].[Ca+2].[Ca+2].[K+].[K+].[Mg+2].[Mg+2].[Na+].[Na+].[Pb+2].[Pb+2].[Sr+2].[Sr+2]. The number of hydrogen-bond acceptors (Lipinski definition) is 45. The van der Waals surface area contributed by atoms with Crippen LogP contribution in [0.2, 0.25) is 0 Å². The van der Waals surface area contributed by atoms with Crippen LogP contribution < -0.4 is 306 Å². The Kier molecular flexibility index (Phi) is 534. The van der Waals surface area contributed by atoms with Gasteiger partial charge in [-0.15, -0.1) is 0 Å². The molecule has 0 spiro atoms. The molecule has 0 N–H and O–H groups in total. The fourth-order valence-electron chi connectivity index (χ4n) is 0. The molecule has 0 aromatic carbocycles. The van der Waals surface area contributed by atoms with Crippen molar-refractivity contribution in [3.63, 3.8) is 0 Å². The first-order chi connectivity index (χ1) is 26.0. The Morgan fingerprint density at radius 1 is 0.184 bits per heavy atom. The summed E-state index contributed by atoms with van der Waals surface area (Å²) < 4.78 is 128. The monoisotopic (exact) mass is 2310 g/mol. The molecule has 0 saturated heterocycles. The van der Waals surface area contributed by atoms with Gasteiger partial charge in [-0.3, -0.25) is 0 Å². The van der Waals surface area contributed by atoms with Crippen molar-refractivity contribution >= 4 is 537 Å². The van der Waals surface area contributed by atoms with Crippen LogP contribution in [-0.2, 0) is 66.9 Å². The molecule has 0 aromatic rings. The zero-order chi connectivity index (χ0) is 53.7. The van der Waals surface area contributed by atoms with Crippen LogP contribution in [0, 0.1) is 0 Å². The van der Waals surface area contributed by atoms with Crippen molar-refractivity contribution in [1.29, 1.82) is 0 Å². The van der Waals surface area contributed by atoms with Crippen LogP contribution in [-0.4, -0.2) is 537 Å². The summed E-state index contributed by atoms with van der Waals surface area (Å²) in [5.74, 6) is 0. The van der Waals surface area contributed by atoms with Gasteiger partial charge < -0.3 is 211 Å². The predicted molar refractivity (Wildman–Crippen MR) is 166 cm³/mol. The van der Waals surface area contributed by atoms with E-state index in [2.05, 4.69) is 0 Å². The van der Waals surface area contributed by atoms with Crippen LogP contribution in [0.15, 0.2) is 0 Å². The van der Waals surface area contributed by atoms with E-state index < -0.39 is 138 Å². The summed E-state index contributed by atoms with van der Waals surface area (Å²) in [7, 11) is -54.4. The first-order valence-corrected chi connectivity index (χ1v) is 27.6. The van der Waals surface area contributed by atoms with Gasteiger partial charge in [-0.05, 0) is 0 Å². The molecule has 0 heterocycles. The summed E-state index contributed by atoms with van der Waals surface area (Å²) in [6.45, 7) is 0. The van der Waals surface area contributed by atoms with E-state index in [4.69, 9.17) is 211 Å². The van der Waals surface area contributed by atoms with Crippen molar-refractivity contribution in [2.24, 2.45) is 0 Å². The fraction of sp³-hybridized carbons (Fsp3) is 0. The summed E-state index contributed by atoms with van der Waals surface area (Å²) in [6.07, 6.45) is 0. The second-order valence-corrected chi connectivity index (χ2v) is 11.3. The van der Waals surface area contributed by atoms with Gasteiger partial charge in [-0.1, -0.05) is 0 Å². The molecular weight excluding hydrogens is 2310 g/mol. The summed E-state index contributed by atoms with van der Waals surface area (Å²) >= 11 is 0. The molecule has 45 nitrogen and oxygen atoms in total. The second-order valence-electron chi connectivity index (χ2n) is 3.75. The van der Waals surface area contributed by atoms with Crippen LogP contribution in [0.5, 0.6) is 0 Å². The van der Waals surface area contributed by atoms with Gasteiger partial charge in [0.15, 0.2) is 0 Å². The minimum absolute atomic E-state index is 0. The molecule has 0 aromatic heterocycles. The van der Waals surface area contributed by atoms with Crippen molar-refractivity contribution in [3.8, 4) is 0 Å². The zero-order valence-electron chi connectivity index (χ0n) is 37.7. The smallest absolute Gasteiger partial charge is 0.672 e. The summed E-state index contributed by atoms with van der Waals surface area (Å²) in [5, 5.41) is 0. The summed E-state index contributed by atoms with van der Waals surface area (Å²) in [4.78, 5) is 256. The number of hydrogen-bond donors (Lipinski definition) is 0. The quantitative estimate of drug-likeness (QED) is 0.203. The van der Waals surface area contributed by atoms with Gasteiger partial charge in [-0.25, -0.2) is 0 Å². The molecule has 0 aliphatic heterocycles. The van der Waals surface area contributed by atoms with Gasteiger partial charge in [0.05, 0.1) is 0 Å². The van der Waals surface area contributed by atoms with E-state index in [0.29, 0.717) is 0 Å². The third-order valence-corrected chi connectivity index (χ3v) is 0. The molecule has 4 radical (unpaired) electrons. The standard InChI is InChI=1S/2Al.2Ba.2Ca.2K.2Mg.2Na.15O3Si.2Pb.2Sr/c;;;;;;;;;;;;15*1-4(2)3;;;;/q2*+3;4*+2;2*+1;2*+2;2*+1;15*-2;4*+2. The van der Waals surface area contributed by atoms with E-state index in [1.165, 1.54) is 0 Å². The molecule has 0 amide bonds. The van der Waals surface area contributed by atoms with E-state index in [-0.39, 0.29) is 562 Å². The Labute approximate surface area is 885 Å². The van der Waals surface area contributed by atoms with Crippen molar-refractivity contribution in [3.05, 3.63) is 0 Å². The molecule has 0 unspecified atom stereocenters. The molecule has 364 valence electrons. The normalized spacial score (nSPS) is 4.74. The first kappa shape index (κ1) is 205. The van der Waals surface area contributed by atoms with E-state index >= 15 is 0 Å². The van der Waals surface area contributed by atoms with Crippen LogP contribution in [0.3, 0.4) is 0 Å². The van der Waals surface area contributed by atoms with Crippen molar-refractivity contribution in [1.82, 2.24) is 0 Å². The largest absolute Gasteiger partial charge is 3.00 e. The average Bonchev–Trinajstić information content (AvgIpc) is 2.78. The van der Waals surface area contributed by atoms with Gasteiger partial charge in [0.1, 0.15) is 0 Å². The van der Waals surface area contributed by atoms with E-state index in [9.17, 15) is 0 Å². The summed E-state index contributed by atoms with van der Waals surface area (Å²) in [6, 6.07) is 0. The molecule has 76 heavy (non-hydrogen) atoms. The van der Waals surface area contributed by atoms with E-state index in [1.54, 1.807) is 0 Å². The van der Waals surface area contributed by atoms with Crippen LogP contribution in [0.25, 0.3) is 0 Å². The molecular formula is Al2Ba2Ca2K2Mg2Na2O45Pb2Si15Sr2. The Balaban J connectivity index is -0.00000000970. The summed E-state index contributed by atoms with van der Waals surface area (Å²) in [5.41, 5.74) is 0. The molecule has 0 aliphatic rings. The molecule has 0 aliphatic carbocycles. The maximum absolute atomic E-state index is 8.52. The van der Waals surface area contributed by atoms with Gasteiger partial charge in [0, 0.05) is 138 Å². The molecule has 0 bridgehead atoms. The van der Waals surface area contributed by atoms with Crippen molar-refractivity contribution in [2.75, 3.05) is 0 Å². The predicted octanol–water partition coefficient (Wildman–Crippen LogP) is -59.7. The molecule has 76 heteroatoms. The van der Waals surface area contributed by atoms with E-state index in [0.717, 1.165) is 0 Å². The van der Waals surface area contributed by atoms with Crippen molar-refractivity contribution in [2.45, 2.75) is 0 Å². The fourth-order valence-corrected chi connectivity index (χ4v) is 0. The number of rotatable bonds is 0. The van der Waals surface area contributed by atoms with Gasteiger partial charge in [-0.2, -0.15) is 0 Å². The Morgan fingerprint density at radius 2 is 0.184 bits per heavy atom. The molecule has 0 rings (SSSR count). The molecule has 0 fully saturated rings. The van der Waals surface area contributed by atoms with Crippen LogP contribution in [0.4, 0.5) is 0 Å². The Morgan fingerprint density at radius 3 is 0.184 bits per heavy atom. The van der Waals surface area contributed by atoms with Crippen molar-refractivity contribution < 1.29 is 373 Å². The Hall–Kier alpha value is 12.6.